The fourth-order valence-corrected chi connectivity index (χ4v) is 6.02. The van der Waals surface area contributed by atoms with Crippen LogP contribution in [0, 0.1) is 12.7 Å². The van der Waals surface area contributed by atoms with Crippen LogP contribution < -0.4 is 14.8 Å². The van der Waals surface area contributed by atoms with E-state index in [0.717, 1.165) is 31.2 Å². The number of carbonyl (C=O) groups is 2. The van der Waals surface area contributed by atoms with Gasteiger partial charge in [0.15, 0.2) is 0 Å². The Bertz CT molecular complexity index is 1350. The standard InChI is InChI=1S/C29H35FN2O5S/c1-4-5-6-7-16-37-21-12-15-24(25(30)17-21)29(3)18-23(20-10-8-19(2)9-11-20)26(27(33)31-29)28(34)32-38(35,36)22-13-14-22/h8-12,15,17,22H,4-7,13-14,16,18H2,1-3H3,(H,31,33)(H,32,34)/t29-/m0/s1. The summed E-state index contributed by atoms with van der Waals surface area (Å²) in [6.07, 6.45) is 5.22. The number of unbranched alkanes of at least 4 members (excludes halogenated alkanes) is 3. The average Bonchev–Trinajstić information content (AvgIpc) is 3.70. The van der Waals surface area contributed by atoms with Crippen LogP contribution >= 0.6 is 0 Å². The molecule has 0 aromatic heterocycles. The highest BCUT2D eigenvalue weighted by Gasteiger charge is 2.43. The number of nitrogens with one attached hydrogen (secondary N) is 2. The largest absolute Gasteiger partial charge is 0.493 e. The minimum Gasteiger partial charge on any atom is -0.493 e. The van der Waals surface area contributed by atoms with Gasteiger partial charge in [-0.1, -0.05) is 62.1 Å². The van der Waals surface area contributed by atoms with Gasteiger partial charge in [0, 0.05) is 18.1 Å². The van der Waals surface area contributed by atoms with Crippen LogP contribution in [0.4, 0.5) is 4.39 Å². The second-order valence-electron chi connectivity index (χ2n) is 10.4. The molecule has 0 unspecified atom stereocenters. The van der Waals surface area contributed by atoms with E-state index in [4.69, 9.17) is 4.74 Å². The van der Waals surface area contributed by atoms with Gasteiger partial charge in [-0.15, -0.1) is 0 Å². The Kier molecular flexibility index (Phi) is 8.25. The van der Waals surface area contributed by atoms with Crippen molar-refractivity contribution >= 4 is 27.4 Å². The summed E-state index contributed by atoms with van der Waals surface area (Å²) in [4.78, 5) is 26.5. The lowest BCUT2D eigenvalue weighted by Gasteiger charge is -2.37. The van der Waals surface area contributed by atoms with Crippen molar-refractivity contribution in [2.75, 3.05) is 6.61 Å². The molecule has 2 N–H and O–H groups in total. The van der Waals surface area contributed by atoms with Gasteiger partial charge in [0.05, 0.1) is 17.4 Å². The van der Waals surface area contributed by atoms with E-state index in [1.165, 1.54) is 6.07 Å². The van der Waals surface area contributed by atoms with Gasteiger partial charge in [0.25, 0.3) is 11.8 Å². The molecule has 204 valence electrons. The molecule has 1 saturated carbocycles. The topological polar surface area (TPSA) is 102 Å². The number of hydrogen-bond donors (Lipinski definition) is 2. The average molecular weight is 543 g/mol. The third-order valence-electron chi connectivity index (χ3n) is 7.08. The van der Waals surface area contributed by atoms with Gasteiger partial charge in [-0.2, -0.15) is 0 Å². The second kappa shape index (κ2) is 11.3. The molecule has 4 rings (SSSR count). The van der Waals surface area contributed by atoms with Gasteiger partial charge in [0.1, 0.15) is 17.1 Å². The highest BCUT2D eigenvalue weighted by atomic mass is 32.2. The number of amides is 2. The van der Waals surface area contributed by atoms with E-state index >= 15 is 4.39 Å². The fraction of sp³-hybridized carbons (Fsp3) is 0.448. The monoisotopic (exact) mass is 542 g/mol. The summed E-state index contributed by atoms with van der Waals surface area (Å²) in [5, 5.41) is 2.16. The molecule has 1 fully saturated rings. The first kappa shape index (κ1) is 27.8. The van der Waals surface area contributed by atoms with Gasteiger partial charge < -0.3 is 10.1 Å². The summed E-state index contributed by atoms with van der Waals surface area (Å²) >= 11 is 0. The van der Waals surface area contributed by atoms with E-state index < -0.39 is 38.4 Å². The highest BCUT2D eigenvalue weighted by molar-refractivity contribution is 7.91. The fourth-order valence-electron chi connectivity index (χ4n) is 4.73. The van der Waals surface area contributed by atoms with E-state index in [0.29, 0.717) is 36.3 Å². The van der Waals surface area contributed by atoms with Crippen LogP contribution in [0.3, 0.4) is 0 Å². The third kappa shape index (κ3) is 6.26. The molecule has 0 bridgehead atoms. The van der Waals surface area contributed by atoms with Crippen LogP contribution in [0.2, 0.25) is 0 Å². The molecule has 2 aromatic carbocycles. The molecule has 9 heteroatoms. The van der Waals surface area contributed by atoms with Gasteiger partial charge in [-0.3, -0.25) is 9.59 Å². The number of hydrogen-bond acceptors (Lipinski definition) is 5. The maximum absolute atomic E-state index is 15.4. The molecule has 0 saturated heterocycles. The zero-order valence-corrected chi connectivity index (χ0v) is 22.9. The van der Waals surface area contributed by atoms with Crippen molar-refractivity contribution in [3.63, 3.8) is 0 Å². The van der Waals surface area contributed by atoms with Crippen LogP contribution in [-0.4, -0.2) is 32.1 Å². The number of ether oxygens (including phenoxy) is 1. The van der Waals surface area contributed by atoms with Crippen molar-refractivity contribution in [3.8, 4) is 5.75 Å². The molecule has 1 heterocycles. The summed E-state index contributed by atoms with van der Waals surface area (Å²) in [5.74, 6) is -1.85. The van der Waals surface area contributed by atoms with Gasteiger partial charge in [-0.05, 0) is 50.3 Å². The molecular weight excluding hydrogens is 507 g/mol. The van der Waals surface area contributed by atoms with Crippen molar-refractivity contribution in [1.29, 1.82) is 0 Å². The van der Waals surface area contributed by atoms with Gasteiger partial charge in [-0.25, -0.2) is 17.5 Å². The van der Waals surface area contributed by atoms with Gasteiger partial charge >= 0.3 is 0 Å². The highest BCUT2D eigenvalue weighted by Crippen LogP contribution is 2.40. The van der Waals surface area contributed by atoms with Gasteiger partial charge in [0.2, 0.25) is 10.0 Å². The SMILES string of the molecule is CCCCCCOc1ccc([C@]2(C)CC(c3ccc(C)cc3)=C(C(=O)NS(=O)(=O)C3CC3)C(=O)N2)c(F)c1. The molecule has 2 aromatic rings. The molecule has 0 spiro atoms. The zero-order valence-electron chi connectivity index (χ0n) is 22.1. The number of aryl methyl sites for hydroxylation is 1. The Morgan fingerprint density at radius 3 is 2.47 bits per heavy atom. The second-order valence-corrected chi connectivity index (χ2v) is 12.4. The van der Waals surface area contributed by atoms with E-state index in [1.807, 2.05) is 19.1 Å². The van der Waals surface area contributed by atoms with E-state index in [2.05, 4.69) is 17.0 Å². The van der Waals surface area contributed by atoms with E-state index in [-0.39, 0.29) is 17.6 Å². The Morgan fingerprint density at radius 1 is 1.13 bits per heavy atom. The maximum Gasteiger partial charge on any atom is 0.270 e. The summed E-state index contributed by atoms with van der Waals surface area (Å²) in [5.41, 5.74) is 0.728. The number of sulfonamides is 1. The summed E-state index contributed by atoms with van der Waals surface area (Å²) in [6, 6.07) is 11.8. The number of benzene rings is 2. The van der Waals surface area contributed by atoms with Crippen molar-refractivity contribution in [2.24, 2.45) is 0 Å². The summed E-state index contributed by atoms with van der Waals surface area (Å²) in [7, 11) is -3.86. The van der Waals surface area contributed by atoms with Crippen LogP contribution in [0.5, 0.6) is 5.75 Å². The maximum atomic E-state index is 15.4. The predicted octanol–water partition coefficient (Wildman–Crippen LogP) is 4.89. The summed E-state index contributed by atoms with van der Waals surface area (Å²) < 4.78 is 48.1. The predicted molar refractivity (Wildman–Crippen MR) is 144 cm³/mol. The zero-order chi connectivity index (χ0) is 27.5. The number of carbonyl (C=O) groups excluding carboxylic acids is 2. The minimum atomic E-state index is -3.86. The van der Waals surface area contributed by atoms with E-state index in [1.54, 1.807) is 31.2 Å². The first-order valence-electron chi connectivity index (χ1n) is 13.2. The first-order valence-corrected chi connectivity index (χ1v) is 14.7. The van der Waals surface area contributed by atoms with Crippen LogP contribution in [0.15, 0.2) is 48.0 Å². The van der Waals surface area contributed by atoms with Crippen LogP contribution in [-0.2, 0) is 25.2 Å². The van der Waals surface area contributed by atoms with Crippen molar-refractivity contribution < 1.29 is 27.1 Å². The summed E-state index contributed by atoms with van der Waals surface area (Å²) in [6.45, 7) is 6.23. The first-order chi connectivity index (χ1) is 18.0. The van der Waals surface area contributed by atoms with Crippen molar-refractivity contribution in [3.05, 3.63) is 70.5 Å². The number of rotatable bonds is 11. The van der Waals surface area contributed by atoms with Crippen molar-refractivity contribution in [1.82, 2.24) is 10.0 Å². The molecule has 1 aliphatic carbocycles. The molecule has 7 nitrogen and oxygen atoms in total. The van der Waals surface area contributed by atoms with Crippen LogP contribution in [0.1, 0.15) is 75.5 Å². The normalized spacial score (nSPS) is 19.7. The Labute approximate surface area is 223 Å². The molecule has 1 atom stereocenters. The molecule has 2 aliphatic rings. The lowest BCUT2D eigenvalue weighted by molar-refractivity contribution is -0.124. The van der Waals surface area contributed by atoms with Crippen molar-refractivity contribution in [2.45, 2.75) is 76.5 Å². The number of halogens is 1. The Balaban J connectivity index is 1.65. The molecule has 38 heavy (non-hydrogen) atoms. The Morgan fingerprint density at radius 2 is 1.84 bits per heavy atom. The lowest BCUT2D eigenvalue weighted by atomic mass is 9.78. The van der Waals surface area contributed by atoms with E-state index in [9.17, 15) is 18.0 Å². The molecule has 0 radical (unpaired) electrons. The lowest BCUT2D eigenvalue weighted by Crippen LogP contribution is -2.51. The molecule has 2 amide bonds. The van der Waals surface area contributed by atoms with Crippen LogP contribution in [0.25, 0.3) is 5.57 Å². The smallest absolute Gasteiger partial charge is 0.270 e. The molecular formula is C29H35FN2O5S. The molecule has 1 aliphatic heterocycles. The minimum absolute atomic E-state index is 0.0855. The third-order valence-corrected chi connectivity index (χ3v) is 8.89. The quantitative estimate of drug-likeness (QED) is 0.311. The Hall–Kier alpha value is -3.20.